The van der Waals surface area contributed by atoms with Gasteiger partial charge in [-0.1, -0.05) is 24.3 Å². The molecule has 0 aliphatic rings. The Balaban J connectivity index is 2.25. The lowest BCUT2D eigenvalue weighted by molar-refractivity contribution is -0.385. The highest BCUT2D eigenvalue weighted by Crippen LogP contribution is 2.26. The lowest BCUT2D eigenvalue weighted by Crippen LogP contribution is -2.14. The number of para-hydroxylation sites is 1. The molecule has 20 heavy (non-hydrogen) atoms. The molecule has 0 saturated carbocycles. The number of nitro benzene ring substituents is 1. The number of halogens is 2. The molecule has 0 spiro atoms. The molecule has 0 amide bonds. The summed E-state index contributed by atoms with van der Waals surface area (Å²) in [5.74, 6) is -0.369. The molecule has 0 aromatic heterocycles. The number of hydrogen-bond acceptors (Lipinski definition) is 3. The smallest absolute Gasteiger partial charge is 0.272 e. The van der Waals surface area contributed by atoms with Crippen LogP contribution in [-0.4, -0.2) is 4.92 Å². The third-order valence-electron chi connectivity index (χ3n) is 3.00. The summed E-state index contributed by atoms with van der Waals surface area (Å²) in [5, 5.41) is 10.9. The number of nitrogens with zero attached hydrogens (tertiary/aromatic N) is 1. The fourth-order valence-electron chi connectivity index (χ4n) is 1.96. The molecule has 6 heteroatoms. The first-order chi connectivity index (χ1) is 9.49. The molecular weight excluding hydrogens is 327 g/mol. The lowest BCUT2D eigenvalue weighted by atomic mass is 9.98. The predicted octanol–water partition coefficient (Wildman–Crippen LogP) is 3.74. The highest BCUT2D eigenvalue weighted by molar-refractivity contribution is 9.10. The topological polar surface area (TPSA) is 69.2 Å². The van der Waals surface area contributed by atoms with Gasteiger partial charge in [0.05, 0.1) is 9.40 Å². The van der Waals surface area contributed by atoms with Crippen molar-refractivity contribution in [3.63, 3.8) is 0 Å². The molecule has 0 radical (unpaired) electrons. The van der Waals surface area contributed by atoms with E-state index in [0.29, 0.717) is 16.5 Å². The zero-order valence-electron chi connectivity index (χ0n) is 10.4. The van der Waals surface area contributed by atoms with Crippen molar-refractivity contribution >= 4 is 21.6 Å². The van der Waals surface area contributed by atoms with Crippen molar-refractivity contribution in [3.8, 4) is 0 Å². The van der Waals surface area contributed by atoms with Gasteiger partial charge in [0.1, 0.15) is 5.82 Å². The van der Waals surface area contributed by atoms with Gasteiger partial charge in [-0.3, -0.25) is 10.1 Å². The minimum Gasteiger partial charge on any atom is -0.324 e. The van der Waals surface area contributed by atoms with Crippen LogP contribution in [0.4, 0.5) is 10.1 Å². The maximum Gasteiger partial charge on any atom is 0.272 e. The predicted molar refractivity (Wildman–Crippen MR) is 77.8 cm³/mol. The minimum atomic E-state index is -0.437. The van der Waals surface area contributed by atoms with Gasteiger partial charge in [-0.15, -0.1) is 0 Å². The summed E-state index contributed by atoms with van der Waals surface area (Å²) in [6.07, 6.45) is 0.315. The Kier molecular flexibility index (Phi) is 4.46. The highest BCUT2D eigenvalue weighted by Gasteiger charge is 2.16. The zero-order valence-corrected chi connectivity index (χ0v) is 12.0. The van der Waals surface area contributed by atoms with Gasteiger partial charge in [-0.25, -0.2) is 4.39 Å². The van der Waals surface area contributed by atoms with E-state index < -0.39 is 11.0 Å². The van der Waals surface area contributed by atoms with E-state index in [1.54, 1.807) is 30.3 Å². The molecule has 104 valence electrons. The molecule has 0 saturated heterocycles. The number of hydrogen-bond donors (Lipinski definition) is 1. The van der Waals surface area contributed by atoms with Gasteiger partial charge in [-0.05, 0) is 40.0 Å². The van der Waals surface area contributed by atoms with Gasteiger partial charge in [-0.2, -0.15) is 0 Å². The van der Waals surface area contributed by atoms with Crippen LogP contribution >= 0.6 is 15.9 Å². The van der Waals surface area contributed by atoms with Crippen molar-refractivity contribution in [1.82, 2.24) is 0 Å². The van der Waals surface area contributed by atoms with E-state index in [1.807, 2.05) is 0 Å². The summed E-state index contributed by atoms with van der Waals surface area (Å²) in [7, 11) is 0. The second kappa shape index (κ2) is 6.11. The second-order valence-electron chi connectivity index (χ2n) is 4.37. The second-order valence-corrected chi connectivity index (χ2v) is 5.22. The molecule has 0 fully saturated rings. The molecule has 0 bridgehead atoms. The van der Waals surface area contributed by atoms with E-state index in [2.05, 4.69) is 15.9 Å². The Morgan fingerprint density at radius 3 is 2.65 bits per heavy atom. The van der Waals surface area contributed by atoms with Crippen molar-refractivity contribution in [1.29, 1.82) is 0 Å². The molecule has 2 N–H and O–H groups in total. The monoisotopic (exact) mass is 338 g/mol. The molecule has 2 rings (SSSR count). The molecular formula is C14H12BrFN2O2. The number of benzene rings is 2. The molecule has 0 aliphatic carbocycles. The number of rotatable bonds is 4. The standard InChI is InChI=1S/C14H12BrFN2O2/c15-11-7-9(5-6-12(11)16)13(17)8-10-3-1-2-4-14(10)18(19)20/h1-7,13H,8,17H2. The molecule has 2 aromatic carbocycles. The van der Waals surface area contributed by atoms with Crippen molar-refractivity contribution in [2.24, 2.45) is 5.73 Å². The van der Waals surface area contributed by atoms with Crippen LogP contribution in [0.2, 0.25) is 0 Å². The fraction of sp³-hybridized carbons (Fsp3) is 0.143. The SMILES string of the molecule is NC(Cc1ccccc1[N+](=O)[O-])c1ccc(F)c(Br)c1. The summed E-state index contributed by atoms with van der Waals surface area (Å²) in [6.45, 7) is 0. The maximum absolute atomic E-state index is 13.2. The lowest BCUT2D eigenvalue weighted by Gasteiger charge is -2.13. The van der Waals surface area contributed by atoms with Crippen LogP contribution in [0.25, 0.3) is 0 Å². The first-order valence-corrected chi connectivity index (χ1v) is 6.71. The number of nitro groups is 1. The number of nitrogens with two attached hydrogens (primary N) is 1. The van der Waals surface area contributed by atoms with E-state index >= 15 is 0 Å². The zero-order chi connectivity index (χ0) is 14.7. The van der Waals surface area contributed by atoms with Crippen LogP contribution in [0.15, 0.2) is 46.9 Å². The van der Waals surface area contributed by atoms with Gasteiger partial charge < -0.3 is 5.73 Å². The van der Waals surface area contributed by atoms with Crippen LogP contribution < -0.4 is 5.73 Å². The average molecular weight is 339 g/mol. The summed E-state index contributed by atoms with van der Waals surface area (Å²) in [4.78, 5) is 10.5. The molecule has 1 unspecified atom stereocenters. The Morgan fingerprint density at radius 2 is 2.00 bits per heavy atom. The molecule has 0 aliphatic heterocycles. The Labute approximate surface area is 123 Å². The molecule has 1 atom stereocenters. The first-order valence-electron chi connectivity index (χ1n) is 5.92. The highest BCUT2D eigenvalue weighted by atomic mass is 79.9. The van der Waals surface area contributed by atoms with Gasteiger partial charge in [0.15, 0.2) is 0 Å². The summed E-state index contributed by atoms with van der Waals surface area (Å²) in [5.41, 5.74) is 7.37. The van der Waals surface area contributed by atoms with Gasteiger partial charge in [0.2, 0.25) is 0 Å². The Morgan fingerprint density at radius 1 is 1.30 bits per heavy atom. The van der Waals surface area contributed by atoms with E-state index in [0.717, 1.165) is 5.56 Å². The third kappa shape index (κ3) is 3.20. The Bertz CT molecular complexity index is 649. The fourth-order valence-corrected chi connectivity index (χ4v) is 2.36. The van der Waals surface area contributed by atoms with Crippen molar-refractivity contribution in [3.05, 3.63) is 74.0 Å². The molecule has 4 nitrogen and oxygen atoms in total. The van der Waals surface area contributed by atoms with Gasteiger partial charge in [0, 0.05) is 17.7 Å². The van der Waals surface area contributed by atoms with Crippen LogP contribution in [0.1, 0.15) is 17.2 Å². The summed E-state index contributed by atoms with van der Waals surface area (Å²) < 4.78 is 13.5. The van der Waals surface area contributed by atoms with E-state index in [1.165, 1.54) is 12.1 Å². The molecule has 2 aromatic rings. The summed E-state index contributed by atoms with van der Waals surface area (Å²) in [6, 6.07) is 10.5. The first kappa shape index (κ1) is 14.6. The largest absolute Gasteiger partial charge is 0.324 e. The van der Waals surface area contributed by atoms with Crippen LogP contribution in [0, 0.1) is 15.9 Å². The van der Waals surface area contributed by atoms with Crippen LogP contribution in [0.3, 0.4) is 0 Å². The third-order valence-corrected chi connectivity index (χ3v) is 3.61. The van der Waals surface area contributed by atoms with Crippen molar-refractivity contribution < 1.29 is 9.31 Å². The minimum absolute atomic E-state index is 0.0455. The van der Waals surface area contributed by atoms with Crippen molar-refractivity contribution in [2.45, 2.75) is 12.5 Å². The van der Waals surface area contributed by atoms with Gasteiger partial charge >= 0.3 is 0 Å². The van der Waals surface area contributed by atoms with E-state index in [4.69, 9.17) is 5.73 Å². The normalized spacial score (nSPS) is 12.2. The Hall–Kier alpha value is -1.79. The van der Waals surface area contributed by atoms with E-state index in [9.17, 15) is 14.5 Å². The molecule has 0 heterocycles. The van der Waals surface area contributed by atoms with Crippen LogP contribution in [-0.2, 0) is 6.42 Å². The maximum atomic E-state index is 13.2. The van der Waals surface area contributed by atoms with Crippen LogP contribution in [0.5, 0.6) is 0 Å². The summed E-state index contributed by atoms with van der Waals surface area (Å²) >= 11 is 3.10. The van der Waals surface area contributed by atoms with Gasteiger partial charge in [0.25, 0.3) is 5.69 Å². The average Bonchev–Trinajstić information content (AvgIpc) is 2.42. The van der Waals surface area contributed by atoms with Crippen molar-refractivity contribution in [2.75, 3.05) is 0 Å². The van der Waals surface area contributed by atoms with E-state index in [-0.39, 0.29) is 11.5 Å². The quantitative estimate of drug-likeness (QED) is 0.681.